The van der Waals surface area contributed by atoms with Crippen molar-refractivity contribution in [2.24, 2.45) is 0 Å². The maximum absolute atomic E-state index is 5.32. The van der Waals surface area contributed by atoms with E-state index in [1.54, 1.807) is 0 Å². The Morgan fingerprint density at radius 2 is 2.15 bits per heavy atom. The van der Waals surface area contributed by atoms with E-state index in [2.05, 4.69) is 24.1 Å². The smallest absolute Gasteiger partial charge is 0.169 e. The Bertz CT molecular complexity index is 166. The molecule has 0 spiro atoms. The summed E-state index contributed by atoms with van der Waals surface area (Å²) in [5.74, 6) is 0. The molecule has 1 rings (SSSR count). The highest BCUT2D eigenvalue weighted by Gasteiger charge is 2.29. The van der Waals surface area contributed by atoms with Crippen LogP contribution in [0, 0.1) is 0 Å². The summed E-state index contributed by atoms with van der Waals surface area (Å²) in [5.41, 5.74) is 0. The summed E-state index contributed by atoms with van der Waals surface area (Å²) in [6.07, 6.45) is 5.16. The minimum absolute atomic E-state index is 0.748. The highest BCUT2D eigenvalue weighted by molar-refractivity contribution is 7.80. The maximum Gasteiger partial charge on any atom is 0.169 e. The van der Waals surface area contributed by atoms with Crippen molar-refractivity contribution < 1.29 is 0 Å². The first-order chi connectivity index (χ1) is 6.29. The molecule has 0 amide bonds. The molecule has 0 unspecified atom stereocenters. The Morgan fingerprint density at radius 3 is 2.62 bits per heavy atom. The fourth-order valence-corrected chi connectivity index (χ4v) is 1.80. The van der Waals surface area contributed by atoms with Crippen LogP contribution in [0.25, 0.3) is 0 Å². The van der Waals surface area contributed by atoms with E-state index in [1.807, 2.05) is 0 Å². The van der Waals surface area contributed by atoms with Crippen LogP contribution < -0.4 is 5.32 Å². The molecule has 1 aliphatic rings. The van der Waals surface area contributed by atoms with Crippen LogP contribution in [0.5, 0.6) is 0 Å². The van der Waals surface area contributed by atoms with Gasteiger partial charge in [0.15, 0.2) is 5.11 Å². The summed E-state index contributed by atoms with van der Waals surface area (Å²) in [4.78, 5) is 2.36. The van der Waals surface area contributed by atoms with Crippen LogP contribution in [-0.4, -0.2) is 29.1 Å². The van der Waals surface area contributed by atoms with Gasteiger partial charge in [0.05, 0.1) is 0 Å². The van der Waals surface area contributed by atoms with E-state index in [1.165, 1.54) is 25.7 Å². The number of hydrogen-bond donors (Lipinski definition) is 1. The number of rotatable bonds is 5. The Morgan fingerprint density at radius 1 is 1.46 bits per heavy atom. The van der Waals surface area contributed by atoms with Crippen molar-refractivity contribution in [2.45, 2.75) is 45.6 Å². The lowest BCUT2D eigenvalue weighted by molar-refractivity contribution is 0.393. The minimum Gasteiger partial charge on any atom is -0.363 e. The van der Waals surface area contributed by atoms with Crippen LogP contribution in [0.4, 0.5) is 0 Å². The largest absolute Gasteiger partial charge is 0.363 e. The predicted octanol–water partition coefficient (Wildman–Crippen LogP) is 2.15. The van der Waals surface area contributed by atoms with Crippen LogP contribution >= 0.6 is 12.2 Å². The highest BCUT2D eigenvalue weighted by atomic mass is 32.1. The average Bonchev–Trinajstić information content (AvgIpc) is 2.89. The molecule has 0 aromatic carbocycles. The zero-order valence-corrected chi connectivity index (χ0v) is 9.49. The SMILES string of the molecule is CCCCN(C(=S)NCC)C1CC1. The number of unbranched alkanes of at least 4 members (excludes halogenated alkanes) is 1. The molecule has 2 nitrogen and oxygen atoms in total. The Kier molecular flexibility index (Phi) is 4.50. The van der Waals surface area contributed by atoms with E-state index in [0.29, 0.717) is 0 Å². The molecular weight excluding hydrogens is 180 g/mol. The normalized spacial score (nSPS) is 15.5. The molecular formula is C10H20N2S. The minimum atomic E-state index is 0.748. The number of nitrogens with one attached hydrogen (secondary N) is 1. The van der Waals surface area contributed by atoms with Gasteiger partial charge in [-0.1, -0.05) is 13.3 Å². The van der Waals surface area contributed by atoms with Gasteiger partial charge in [-0.3, -0.25) is 0 Å². The fraction of sp³-hybridized carbons (Fsp3) is 0.900. The zero-order valence-electron chi connectivity index (χ0n) is 8.68. The van der Waals surface area contributed by atoms with E-state index in [0.717, 1.165) is 24.2 Å². The van der Waals surface area contributed by atoms with Gasteiger partial charge in [0.25, 0.3) is 0 Å². The number of nitrogens with zero attached hydrogens (tertiary/aromatic N) is 1. The summed E-state index contributed by atoms with van der Waals surface area (Å²) in [6, 6.07) is 0.748. The third-order valence-electron chi connectivity index (χ3n) is 2.33. The molecule has 0 radical (unpaired) electrons. The van der Waals surface area contributed by atoms with Gasteiger partial charge < -0.3 is 10.2 Å². The first kappa shape index (κ1) is 10.8. The monoisotopic (exact) mass is 200 g/mol. The Hall–Kier alpha value is -0.310. The van der Waals surface area contributed by atoms with Crippen molar-refractivity contribution in [3.05, 3.63) is 0 Å². The van der Waals surface area contributed by atoms with Gasteiger partial charge in [-0.2, -0.15) is 0 Å². The summed E-state index contributed by atoms with van der Waals surface area (Å²) in [6.45, 7) is 6.39. The van der Waals surface area contributed by atoms with Gasteiger partial charge in [-0.25, -0.2) is 0 Å². The molecule has 3 heteroatoms. The number of hydrogen-bond acceptors (Lipinski definition) is 1. The first-order valence-corrected chi connectivity index (χ1v) is 5.74. The molecule has 1 fully saturated rings. The zero-order chi connectivity index (χ0) is 9.68. The van der Waals surface area contributed by atoms with E-state index in [4.69, 9.17) is 12.2 Å². The molecule has 0 aromatic heterocycles. The van der Waals surface area contributed by atoms with Gasteiger partial charge in [0.1, 0.15) is 0 Å². The third kappa shape index (κ3) is 3.51. The van der Waals surface area contributed by atoms with Gasteiger partial charge in [0.2, 0.25) is 0 Å². The van der Waals surface area contributed by atoms with Crippen molar-refractivity contribution in [3.63, 3.8) is 0 Å². The van der Waals surface area contributed by atoms with Crippen LogP contribution in [0.15, 0.2) is 0 Å². The van der Waals surface area contributed by atoms with Gasteiger partial charge in [0, 0.05) is 19.1 Å². The van der Waals surface area contributed by atoms with Gasteiger partial charge in [-0.05, 0) is 38.4 Å². The van der Waals surface area contributed by atoms with Crippen LogP contribution in [0.1, 0.15) is 39.5 Å². The molecule has 1 aliphatic carbocycles. The van der Waals surface area contributed by atoms with Crippen LogP contribution in [0.3, 0.4) is 0 Å². The lowest BCUT2D eigenvalue weighted by Crippen LogP contribution is -2.41. The molecule has 1 N–H and O–H groups in total. The first-order valence-electron chi connectivity index (χ1n) is 5.34. The third-order valence-corrected chi connectivity index (χ3v) is 2.71. The van der Waals surface area contributed by atoms with E-state index >= 15 is 0 Å². The molecule has 76 valence electrons. The highest BCUT2D eigenvalue weighted by Crippen LogP contribution is 2.27. The van der Waals surface area contributed by atoms with Gasteiger partial charge >= 0.3 is 0 Å². The lowest BCUT2D eigenvalue weighted by Gasteiger charge is -2.25. The molecule has 1 saturated carbocycles. The fourth-order valence-electron chi connectivity index (χ4n) is 1.42. The lowest BCUT2D eigenvalue weighted by atomic mass is 10.3. The molecule has 0 aromatic rings. The summed E-state index contributed by atoms with van der Waals surface area (Å²) < 4.78 is 0. The summed E-state index contributed by atoms with van der Waals surface area (Å²) in [5, 5.41) is 4.19. The standard InChI is InChI=1S/C10H20N2S/c1-3-5-8-12(9-6-7-9)10(13)11-4-2/h9H,3-8H2,1-2H3,(H,11,13). The molecule has 0 atom stereocenters. The predicted molar refractivity (Wildman–Crippen MR) is 60.9 cm³/mol. The van der Waals surface area contributed by atoms with Gasteiger partial charge in [-0.15, -0.1) is 0 Å². The summed E-state index contributed by atoms with van der Waals surface area (Å²) in [7, 11) is 0. The maximum atomic E-state index is 5.32. The second kappa shape index (κ2) is 5.43. The average molecular weight is 200 g/mol. The quantitative estimate of drug-likeness (QED) is 0.685. The molecule has 0 bridgehead atoms. The van der Waals surface area contributed by atoms with Crippen LogP contribution in [-0.2, 0) is 0 Å². The molecule has 0 saturated heterocycles. The number of thiocarbonyl (C=S) groups is 1. The second-order valence-electron chi connectivity index (χ2n) is 3.61. The topological polar surface area (TPSA) is 15.3 Å². The van der Waals surface area contributed by atoms with Crippen molar-refractivity contribution in [1.29, 1.82) is 0 Å². The molecule has 0 aliphatic heterocycles. The van der Waals surface area contributed by atoms with Crippen LogP contribution in [0.2, 0.25) is 0 Å². The van der Waals surface area contributed by atoms with Crippen molar-refractivity contribution in [3.8, 4) is 0 Å². The second-order valence-corrected chi connectivity index (χ2v) is 4.00. The summed E-state index contributed by atoms with van der Waals surface area (Å²) >= 11 is 5.32. The van der Waals surface area contributed by atoms with Crippen molar-refractivity contribution >= 4 is 17.3 Å². The van der Waals surface area contributed by atoms with Crippen molar-refractivity contribution in [1.82, 2.24) is 10.2 Å². The Labute approximate surface area is 86.7 Å². The van der Waals surface area contributed by atoms with E-state index in [-0.39, 0.29) is 0 Å². The molecule has 13 heavy (non-hydrogen) atoms. The van der Waals surface area contributed by atoms with E-state index < -0.39 is 0 Å². The van der Waals surface area contributed by atoms with E-state index in [9.17, 15) is 0 Å². The molecule has 0 heterocycles. The van der Waals surface area contributed by atoms with Crippen molar-refractivity contribution in [2.75, 3.05) is 13.1 Å². The Balaban J connectivity index is 2.32.